The Labute approximate surface area is 78.8 Å². The number of hydrogen-bond acceptors (Lipinski definition) is 1. The van der Waals surface area contributed by atoms with E-state index in [2.05, 4.69) is 0 Å². The van der Waals surface area contributed by atoms with E-state index in [4.69, 9.17) is 10.5 Å². The van der Waals surface area contributed by atoms with Crippen molar-refractivity contribution in [1.82, 2.24) is 0 Å². The molecule has 1 rings (SSSR count). The van der Waals surface area contributed by atoms with Crippen molar-refractivity contribution < 1.29 is 30.2 Å². The maximum Gasteiger partial charge on any atom is 0.125 e. The fraction of sp³-hybridized carbons (Fsp3) is 0.143. The first-order valence-electron chi connectivity index (χ1n) is 2.78. The Kier molecular flexibility index (Phi) is 4.12. The van der Waals surface area contributed by atoms with Crippen LogP contribution in [0.2, 0.25) is 0 Å². The van der Waals surface area contributed by atoms with Crippen molar-refractivity contribution in [2.45, 2.75) is 0 Å². The van der Waals surface area contributed by atoms with Gasteiger partial charge < -0.3 is 10.5 Å². The van der Waals surface area contributed by atoms with Crippen LogP contribution in [0.25, 0.3) is 5.73 Å². The molecule has 0 aliphatic heterocycles. The second-order valence-electron chi connectivity index (χ2n) is 1.88. The third-order valence-electron chi connectivity index (χ3n) is 1.11. The minimum Gasteiger partial charge on any atom is -0.699 e. The van der Waals surface area contributed by atoms with Gasteiger partial charge in [0.1, 0.15) is 11.6 Å². The molecule has 0 spiro atoms. The van der Waals surface area contributed by atoms with Gasteiger partial charge in [0.05, 0.1) is 7.11 Å². The average molecular weight is 324 g/mol. The zero-order valence-electron chi connectivity index (χ0n) is 5.93. The molecule has 0 atom stereocenters. The largest absolute Gasteiger partial charge is 0.699 e. The molecule has 11 heavy (non-hydrogen) atoms. The van der Waals surface area contributed by atoms with Crippen LogP contribution in [0.1, 0.15) is 0 Å². The summed E-state index contributed by atoms with van der Waals surface area (Å²) in [6.45, 7) is 0. The van der Waals surface area contributed by atoms with E-state index < -0.39 is 5.82 Å². The summed E-state index contributed by atoms with van der Waals surface area (Å²) in [7, 11) is 1.44. The number of nitrogens with one attached hydrogen (secondary N) is 1. The van der Waals surface area contributed by atoms with Crippen molar-refractivity contribution in [3.05, 3.63) is 29.7 Å². The van der Waals surface area contributed by atoms with E-state index in [0.717, 1.165) is 6.07 Å². The molecular formula is C7H7FNOW-. The minimum absolute atomic E-state index is 0. The Balaban J connectivity index is 0.000001000. The van der Waals surface area contributed by atoms with E-state index in [1.807, 2.05) is 0 Å². The van der Waals surface area contributed by atoms with Gasteiger partial charge in [-0.1, -0.05) is 0 Å². The molecule has 0 saturated carbocycles. The first kappa shape index (κ1) is 10.4. The summed E-state index contributed by atoms with van der Waals surface area (Å²) in [6.07, 6.45) is 0. The van der Waals surface area contributed by atoms with Gasteiger partial charge in [-0.3, -0.25) is 0 Å². The SMILES string of the molecule is COc1cc([NH-])cc(F)c1.[W]. The normalized spacial score (nSPS) is 8.55. The van der Waals surface area contributed by atoms with Gasteiger partial charge in [0.15, 0.2) is 0 Å². The molecule has 0 bridgehead atoms. The van der Waals surface area contributed by atoms with E-state index in [0.29, 0.717) is 5.75 Å². The summed E-state index contributed by atoms with van der Waals surface area (Å²) in [4.78, 5) is 0. The van der Waals surface area contributed by atoms with Crippen LogP contribution in [0, 0.1) is 5.82 Å². The number of hydrogen-bond donors (Lipinski definition) is 0. The zero-order valence-corrected chi connectivity index (χ0v) is 8.86. The second kappa shape index (κ2) is 4.34. The fourth-order valence-electron chi connectivity index (χ4n) is 0.681. The Morgan fingerprint density at radius 2 is 2.00 bits per heavy atom. The van der Waals surface area contributed by atoms with E-state index in [1.54, 1.807) is 0 Å². The third-order valence-corrected chi connectivity index (χ3v) is 1.11. The van der Waals surface area contributed by atoms with Crippen LogP contribution in [0.5, 0.6) is 5.75 Å². The predicted octanol–water partition coefficient (Wildman–Crippen LogP) is 2.52. The van der Waals surface area contributed by atoms with Crippen molar-refractivity contribution >= 4 is 5.69 Å². The molecule has 0 aliphatic rings. The quantitative estimate of drug-likeness (QED) is 0.781. The Morgan fingerprint density at radius 3 is 2.45 bits per heavy atom. The number of halogens is 1. The van der Waals surface area contributed by atoms with Crippen LogP contribution < -0.4 is 4.74 Å². The number of methoxy groups -OCH3 is 1. The molecule has 0 saturated heterocycles. The Hall–Kier alpha value is -0.562. The molecule has 0 radical (unpaired) electrons. The van der Waals surface area contributed by atoms with Crippen LogP contribution in [-0.2, 0) is 21.1 Å². The van der Waals surface area contributed by atoms with Crippen LogP contribution in [0.3, 0.4) is 0 Å². The topological polar surface area (TPSA) is 33.0 Å². The average Bonchev–Trinajstić information content (AvgIpc) is 1.85. The molecule has 1 aromatic rings. The van der Waals surface area contributed by atoms with Crippen molar-refractivity contribution in [1.29, 1.82) is 0 Å². The predicted molar refractivity (Wildman–Crippen MR) is 36.9 cm³/mol. The standard InChI is InChI=1S/C7H7FNO.W/c1-10-7-3-5(8)2-6(9)4-7;/h2-4,9H,1H3;/q-1;. The van der Waals surface area contributed by atoms with E-state index in [-0.39, 0.29) is 26.8 Å². The number of rotatable bonds is 1. The molecule has 60 valence electrons. The summed E-state index contributed by atoms with van der Waals surface area (Å²) >= 11 is 0. The fourth-order valence-corrected chi connectivity index (χ4v) is 0.681. The summed E-state index contributed by atoms with van der Waals surface area (Å²) < 4.78 is 17.1. The van der Waals surface area contributed by atoms with Crippen molar-refractivity contribution in [3.63, 3.8) is 0 Å². The first-order chi connectivity index (χ1) is 4.72. The van der Waals surface area contributed by atoms with Gasteiger partial charge >= 0.3 is 0 Å². The molecular weight excluding hydrogens is 317 g/mol. The molecule has 0 unspecified atom stereocenters. The third kappa shape index (κ3) is 2.89. The zero-order chi connectivity index (χ0) is 7.56. The molecule has 2 nitrogen and oxygen atoms in total. The van der Waals surface area contributed by atoms with Gasteiger partial charge in [-0.05, 0) is 12.1 Å². The van der Waals surface area contributed by atoms with Gasteiger partial charge in [0.25, 0.3) is 0 Å². The molecule has 0 heterocycles. The summed E-state index contributed by atoms with van der Waals surface area (Å²) in [5.74, 6) is -0.0608. The maximum atomic E-state index is 12.4. The van der Waals surface area contributed by atoms with Crippen molar-refractivity contribution in [2.75, 3.05) is 7.11 Å². The van der Waals surface area contributed by atoms with Gasteiger partial charge in [0, 0.05) is 27.1 Å². The van der Waals surface area contributed by atoms with E-state index in [1.165, 1.54) is 19.2 Å². The summed E-state index contributed by atoms with van der Waals surface area (Å²) in [5.41, 5.74) is 7.18. The van der Waals surface area contributed by atoms with E-state index in [9.17, 15) is 4.39 Å². The second-order valence-corrected chi connectivity index (χ2v) is 1.88. The van der Waals surface area contributed by atoms with Crippen molar-refractivity contribution in [3.8, 4) is 5.75 Å². The monoisotopic (exact) mass is 324 g/mol. The Morgan fingerprint density at radius 1 is 1.36 bits per heavy atom. The van der Waals surface area contributed by atoms with Gasteiger partial charge in [-0.25, -0.2) is 4.39 Å². The maximum absolute atomic E-state index is 12.4. The van der Waals surface area contributed by atoms with Crippen LogP contribution >= 0.6 is 0 Å². The van der Waals surface area contributed by atoms with Crippen LogP contribution in [-0.4, -0.2) is 7.11 Å². The molecule has 0 aromatic heterocycles. The molecule has 1 aromatic carbocycles. The molecule has 0 amide bonds. The molecule has 0 aliphatic carbocycles. The smallest absolute Gasteiger partial charge is 0.125 e. The van der Waals surface area contributed by atoms with E-state index >= 15 is 0 Å². The summed E-state index contributed by atoms with van der Waals surface area (Å²) in [6, 6.07) is 3.81. The van der Waals surface area contributed by atoms with Crippen molar-refractivity contribution in [2.24, 2.45) is 0 Å². The summed E-state index contributed by atoms with van der Waals surface area (Å²) in [5, 5.41) is 0. The Bertz CT molecular complexity index is 222. The first-order valence-corrected chi connectivity index (χ1v) is 2.78. The number of ether oxygens (including phenoxy) is 1. The number of benzene rings is 1. The molecule has 1 N–H and O–H groups in total. The molecule has 0 fully saturated rings. The van der Waals surface area contributed by atoms with Crippen LogP contribution in [0.4, 0.5) is 10.1 Å². The van der Waals surface area contributed by atoms with Gasteiger partial charge in [0.2, 0.25) is 0 Å². The molecule has 4 heteroatoms. The van der Waals surface area contributed by atoms with Gasteiger partial charge in [-0.2, -0.15) is 0 Å². The van der Waals surface area contributed by atoms with Crippen LogP contribution in [0.15, 0.2) is 18.2 Å². The van der Waals surface area contributed by atoms with Gasteiger partial charge in [-0.15, -0.1) is 5.69 Å². The minimum atomic E-state index is -0.440.